The molecule has 206 valence electrons. The number of aromatic nitrogens is 2. The standard InChI is InChI=1S/C24H30N3O10P/c1-5-15(3)35-21(30)16(4)26-38(33,37-17-10-8-7-9-11-17)34-14-18-20(29)24(32,6-2)22(36-18)27-13-12-19(28)25-23(27)31/h2,7-13,15-16,18,20,22,29,32H,5,14H2,1,3-4H3,(H,26,33)(H,25,28,31)/t15-,16+,18-,20-,22-,24-,38?/m1/s1. The molecular weight excluding hydrogens is 521 g/mol. The monoisotopic (exact) mass is 551 g/mol. The average molecular weight is 551 g/mol. The van der Waals surface area contributed by atoms with Crippen molar-refractivity contribution in [1.82, 2.24) is 14.6 Å². The van der Waals surface area contributed by atoms with E-state index in [-0.39, 0.29) is 11.9 Å². The molecular formula is C24H30N3O10P. The zero-order valence-electron chi connectivity index (χ0n) is 21.0. The molecule has 1 unspecified atom stereocenters. The van der Waals surface area contributed by atoms with Crippen molar-refractivity contribution < 1.29 is 38.1 Å². The number of H-pyrrole nitrogens is 1. The number of rotatable bonds is 11. The number of para-hydroxylation sites is 1. The van der Waals surface area contributed by atoms with Crippen LogP contribution in [0, 0.1) is 12.3 Å². The molecule has 0 aliphatic carbocycles. The molecule has 7 atom stereocenters. The molecule has 1 aromatic heterocycles. The average Bonchev–Trinajstić information content (AvgIpc) is 3.13. The zero-order valence-corrected chi connectivity index (χ0v) is 21.9. The Labute approximate surface area is 218 Å². The maximum absolute atomic E-state index is 13.7. The number of carbonyl (C=O) groups excluding carboxylic acids is 1. The number of benzene rings is 1. The highest BCUT2D eigenvalue weighted by Crippen LogP contribution is 2.46. The van der Waals surface area contributed by atoms with Crippen molar-refractivity contribution in [1.29, 1.82) is 0 Å². The van der Waals surface area contributed by atoms with E-state index in [9.17, 15) is 29.2 Å². The van der Waals surface area contributed by atoms with Crippen LogP contribution in [0.2, 0.25) is 0 Å². The van der Waals surface area contributed by atoms with Gasteiger partial charge in [-0.05, 0) is 32.4 Å². The first-order chi connectivity index (χ1) is 17.9. The van der Waals surface area contributed by atoms with Gasteiger partial charge in [0.1, 0.15) is 24.0 Å². The van der Waals surface area contributed by atoms with Crippen molar-refractivity contribution >= 4 is 13.7 Å². The lowest BCUT2D eigenvalue weighted by Gasteiger charge is -2.26. The number of carbonyl (C=O) groups is 1. The van der Waals surface area contributed by atoms with E-state index in [1.165, 1.54) is 19.1 Å². The van der Waals surface area contributed by atoms with Crippen LogP contribution in [0.3, 0.4) is 0 Å². The normalized spacial score (nSPS) is 26.1. The molecule has 1 fully saturated rings. The fourth-order valence-corrected chi connectivity index (χ4v) is 5.01. The molecule has 0 radical (unpaired) electrons. The Kier molecular flexibility index (Phi) is 9.32. The highest BCUT2D eigenvalue weighted by Gasteiger charge is 2.56. The number of aliphatic hydroxyl groups is 2. The molecule has 0 spiro atoms. The van der Waals surface area contributed by atoms with Crippen LogP contribution >= 0.6 is 7.75 Å². The van der Waals surface area contributed by atoms with E-state index in [0.717, 1.165) is 16.8 Å². The number of terminal acetylenes is 1. The van der Waals surface area contributed by atoms with Gasteiger partial charge in [-0.1, -0.05) is 31.0 Å². The van der Waals surface area contributed by atoms with Gasteiger partial charge in [0.15, 0.2) is 11.8 Å². The van der Waals surface area contributed by atoms with Crippen LogP contribution in [0.25, 0.3) is 0 Å². The van der Waals surface area contributed by atoms with E-state index >= 15 is 0 Å². The van der Waals surface area contributed by atoms with Crippen LogP contribution in [0.4, 0.5) is 0 Å². The Morgan fingerprint density at radius 3 is 2.61 bits per heavy atom. The van der Waals surface area contributed by atoms with Gasteiger partial charge in [0.05, 0.1) is 12.7 Å². The van der Waals surface area contributed by atoms with Gasteiger partial charge in [-0.2, -0.15) is 5.09 Å². The molecule has 1 saturated heterocycles. The van der Waals surface area contributed by atoms with Crippen molar-refractivity contribution in [3.05, 3.63) is 63.4 Å². The first kappa shape index (κ1) is 29.3. The molecule has 0 bridgehead atoms. The van der Waals surface area contributed by atoms with Gasteiger partial charge >= 0.3 is 19.4 Å². The molecule has 1 aliphatic rings. The lowest BCUT2D eigenvalue weighted by Crippen LogP contribution is -2.48. The smallest absolute Gasteiger partial charge is 0.459 e. The lowest BCUT2D eigenvalue weighted by molar-refractivity contribution is -0.150. The number of nitrogens with one attached hydrogen (secondary N) is 2. The Morgan fingerprint density at radius 1 is 1.32 bits per heavy atom. The zero-order chi connectivity index (χ0) is 28.1. The van der Waals surface area contributed by atoms with E-state index in [2.05, 4.69) is 5.09 Å². The molecule has 0 saturated carbocycles. The fourth-order valence-electron chi connectivity index (χ4n) is 3.51. The Morgan fingerprint density at radius 2 is 2.00 bits per heavy atom. The summed E-state index contributed by atoms with van der Waals surface area (Å²) in [7, 11) is -4.33. The molecule has 1 aliphatic heterocycles. The molecule has 2 aromatic rings. The summed E-state index contributed by atoms with van der Waals surface area (Å²) in [5.41, 5.74) is -4.06. The number of aromatic amines is 1. The summed E-state index contributed by atoms with van der Waals surface area (Å²) in [5.74, 6) is 1.47. The van der Waals surface area contributed by atoms with Crippen molar-refractivity contribution in [2.75, 3.05) is 6.61 Å². The van der Waals surface area contributed by atoms with Crippen molar-refractivity contribution in [3.63, 3.8) is 0 Å². The van der Waals surface area contributed by atoms with Gasteiger partial charge in [-0.15, -0.1) is 6.42 Å². The molecule has 1 aromatic carbocycles. The number of nitrogens with zero attached hydrogens (tertiary/aromatic N) is 1. The molecule has 38 heavy (non-hydrogen) atoms. The highest BCUT2D eigenvalue weighted by molar-refractivity contribution is 7.52. The number of aliphatic hydroxyl groups excluding tert-OH is 1. The number of ether oxygens (including phenoxy) is 2. The van der Waals surface area contributed by atoms with Crippen LogP contribution in [0.5, 0.6) is 5.75 Å². The van der Waals surface area contributed by atoms with Crippen molar-refractivity contribution in [2.45, 2.75) is 63.4 Å². The first-order valence-electron chi connectivity index (χ1n) is 11.7. The van der Waals surface area contributed by atoms with E-state index in [4.69, 9.17) is 24.9 Å². The van der Waals surface area contributed by atoms with Crippen LogP contribution < -0.4 is 20.9 Å². The summed E-state index contributed by atoms with van der Waals surface area (Å²) in [5, 5.41) is 24.2. The van der Waals surface area contributed by atoms with Gasteiger partial charge in [0.25, 0.3) is 5.56 Å². The fraction of sp³-hybridized carbons (Fsp3) is 0.458. The molecule has 3 rings (SSSR count). The maximum Gasteiger partial charge on any atom is 0.459 e. The van der Waals surface area contributed by atoms with Crippen molar-refractivity contribution in [2.24, 2.45) is 0 Å². The summed E-state index contributed by atoms with van der Waals surface area (Å²) in [4.78, 5) is 38.1. The SMILES string of the molecule is C#C[C@@]1(O)[C@H](O)[C@@H](COP(=O)(N[C@@H](C)C(=O)O[C@H](C)CC)Oc2ccccc2)O[C@H]1n1ccc(=O)[nH]c1=O. The Hall–Kier alpha value is -3.24. The third-order valence-electron chi connectivity index (χ3n) is 5.79. The maximum atomic E-state index is 13.7. The largest absolute Gasteiger partial charge is 0.462 e. The van der Waals surface area contributed by atoms with Crippen LogP contribution in [-0.2, 0) is 23.4 Å². The second-order valence-electron chi connectivity index (χ2n) is 8.66. The van der Waals surface area contributed by atoms with E-state index in [1.807, 2.05) is 17.8 Å². The minimum Gasteiger partial charge on any atom is -0.462 e. The van der Waals surface area contributed by atoms with Crippen LogP contribution in [0.15, 0.2) is 52.2 Å². The van der Waals surface area contributed by atoms with Gasteiger partial charge in [0.2, 0.25) is 0 Å². The van der Waals surface area contributed by atoms with Crippen molar-refractivity contribution in [3.8, 4) is 18.1 Å². The Bertz CT molecular complexity index is 1320. The summed E-state index contributed by atoms with van der Waals surface area (Å²) in [6.07, 6.45) is 1.85. The predicted octanol–water partition coefficient (Wildman–Crippen LogP) is 0.683. The predicted molar refractivity (Wildman–Crippen MR) is 134 cm³/mol. The minimum atomic E-state index is -4.33. The summed E-state index contributed by atoms with van der Waals surface area (Å²) in [6.45, 7) is 4.30. The van der Waals surface area contributed by atoms with E-state index < -0.39 is 61.7 Å². The molecule has 4 N–H and O–H groups in total. The van der Waals surface area contributed by atoms with Gasteiger partial charge < -0.3 is 24.2 Å². The summed E-state index contributed by atoms with van der Waals surface area (Å²) >= 11 is 0. The van der Waals surface area contributed by atoms with Gasteiger partial charge in [-0.3, -0.25) is 23.7 Å². The molecule has 14 heteroatoms. The number of esters is 1. The summed E-state index contributed by atoms with van der Waals surface area (Å²) < 4.78 is 36.5. The quantitative estimate of drug-likeness (QED) is 0.175. The highest BCUT2D eigenvalue weighted by atomic mass is 31.2. The topological polar surface area (TPSA) is 178 Å². The van der Waals surface area contributed by atoms with Gasteiger partial charge in [-0.25, -0.2) is 9.36 Å². The number of hydrogen-bond donors (Lipinski definition) is 4. The molecule has 13 nitrogen and oxygen atoms in total. The van der Waals surface area contributed by atoms with E-state index in [0.29, 0.717) is 6.42 Å². The molecule has 2 heterocycles. The third-order valence-corrected chi connectivity index (χ3v) is 7.44. The first-order valence-corrected chi connectivity index (χ1v) is 13.3. The second kappa shape index (κ2) is 12.1. The number of hydrogen-bond acceptors (Lipinski definition) is 10. The lowest BCUT2D eigenvalue weighted by atomic mass is 9.95. The van der Waals surface area contributed by atoms with E-state index in [1.54, 1.807) is 25.1 Å². The van der Waals surface area contributed by atoms with Gasteiger partial charge in [0, 0.05) is 12.3 Å². The van der Waals surface area contributed by atoms with Crippen LogP contribution in [0.1, 0.15) is 33.4 Å². The third kappa shape index (κ3) is 6.60. The van der Waals surface area contributed by atoms with Crippen LogP contribution in [-0.4, -0.2) is 62.3 Å². The summed E-state index contributed by atoms with van der Waals surface area (Å²) in [6, 6.07) is 7.87. The Balaban J connectivity index is 1.83. The molecule has 0 amide bonds. The second-order valence-corrected chi connectivity index (χ2v) is 10.4. The minimum absolute atomic E-state index is 0.150.